The Morgan fingerprint density at radius 1 is 1.22 bits per heavy atom. The SMILES string of the molecule is CN(C)c1ccc(C=Nn2c(C3CCCCC3)n[nH]c2=S)cc1. The van der Waals surface area contributed by atoms with Gasteiger partial charge in [0.25, 0.3) is 0 Å². The van der Waals surface area contributed by atoms with Crippen molar-refractivity contribution < 1.29 is 0 Å². The Morgan fingerprint density at radius 3 is 2.57 bits per heavy atom. The standard InChI is InChI=1S/C17H23N5S/c1-21(2)15-10-8-13(9-11-15)12-18-22-16(19-20-17(22)23)14-6-4-3-5-7-14/h8-12,14H,3-7H2,1-2H3,(H,20,23). The molecule has 6 heteroatoms. The highest BCUT2D eigenvalue weighted by Gasteiger charge is 2.21. The van der Waals surface area contributed by atoms with Gasteiger partial charge in [0.05, 0.1) is 6.21 Å². The molecule has 1 aromatic heterocycles. The highest BCUT2D eigenvalue weighted by atomic mass is 32.1. The molecule has 0 unspecified atom stereocenters. The molecule has 0 radical (unpaired) electrons. The third-order valence-corrected chi connectivity index (χ3v) is 4.64. The zero-order valence-electron chi connectivity index (χ0n) is 13.7. The predicted molar refractivity (Wildman–Crippen MR) is 97.0 cm³/mol. The van der Waals surface area contributed by atoms with Crippen LogP contribution in [0, 0.1) is 4.77 Å². The molecule has 1 N–H and O–H groups in total. The van der Waals surface area contributed by atoms with Crippen LogP contribution in [-0.4, -0.2) is 35.2 Å². The fraction of sp³-hybridized carbons (Fsp3) is 0.471. The van der Waals surface area contributed by atoms with Crippen LogP contribution in [0.1, 0.15) is 49.4 Å². The van der Waals surface area contributed by atoms with Gasteiger partial charge < -0.3 is 4.90 Å². The summed E-state index contributed by atoms with van der Waals surface area (Å²) >= 11 is 5.34. The minimum atomic E-state index is 0.463. The number of rotatable bonds is 4. The van der Waals surface area contributed by atoms with Crippen molar-refractivity contribution >= 4 is 24.1 Å². The maximum Gasteiger partial charge on any atom is 0.216 e. The van der Waals surface area contributed by atoms with E-state index in [1.165, 1.54) is 37.8 Å². The number of aromatic amines is 1. The van der Waals surface area contributed by atoms with Gasteiger partial charge in [-0.25, -0.2) is 0 Å². The Bertz CT molecular complexity index is 720. The van der Waals surface area contributed by atoms with Crippen LogP contribution in [0.15, 0.2) is 29.4 Å². The van der Waals surface area contributed by atoms with Crippen LogP contribution in [0.4, 0.5) is 5.69 Å². The van der Waals surface area contributed by atoms with Crippen LogP contribution < -0.4 is 4.90 Å². The molecule has 1 aliphatic rings. The van der Waals surface area contributed by atoms with Crippen molar-refractivity contribution in [1.82, 2.24) is 14.9 Å². The molecular formula is C17H23N5S. The molecule has 1 fully saturated rings. The van der Waals surface area contributed by atoms with E-state index < -0.39 is 0 Å². The molecule has 1 aliphatic carbocycles. The third-order valence-electron chi connectivity index (χ3n) is 4.38. The Hall–Kier alpha value is -1.95. The van der Waals surface area contributed by atoms with Crippen LogP contribution in [0.3, 0.4) is 0 Å². The Kier molecular flexibility index (Phi) is 4.91. The highest BCUT2D eigenvalue weighted by molar-refractivity contribution is 7.71. The third kappa shape index (κ3) is 3.69. The van der Waals surface area contributed by atoms with Gasteiger partial charge in [-0.15, -0.1) is 0 Å². The fourth-order valence-corrected chi connectivity index (χ4v) is 3.21. The number of hydrogen-bond donors (Lipinski definition) is 1. The summed E-state index contributed by atoms with van der Waals surface area (Å²) in [4.78, 5) is 2.08. The van der Waals surface area contributed by atoms with Gasteiger partial charge in [0.15, 0.2) is 5.82 Å². The number of aromatic nitrogens is 3. The molecule has 0 atom stereocenters. The van der Waals surface area contributed by atoms with E-state index in [1.54, 1.807) is 4.68 Å². The average molecular weight is 329 g/mol. The minimum absolute atomic E-state index is 0.463. The van der Waals surface area contributed by atoms with Crippen LogP contribution in [-0.2, 0) is 0 Å². The molecular weight excluding hydrogens is 306 g/mol. The van der Waals surface area contributed by atoms with Gasteiger partial charge in [-0.3, -0.25) is 5.10 Å². The number of nitrogens with zero attached hydrogens (tertiary/aromatic N) is 4. The van der Waals surface area contributed by atoms with Crippen molar-refractivity contribution in [1.29, 1.82) is 0 Å². The van der Waals surface area contributed by atoms with E-state index in [0.29, 0.717) is 10.7 Å². The van der Waals surface area contributed by atoms with Crippen molar-refractivity contribution in [3.8, 4) is 0 Å². The lowest BCUT2D eigenvalue weighted by Gasteiger charge is -2.19. The lowest BCUT2D eigenvalue weighted by atomic mass is 9.89. The van der Waals surface area contributed by atoms with Gasteiger partial charge in [-0.1, -0.05) is 31.4 Å². The summed E-state index contributed by atoms with van der Waals surface area (Å²) in [6.45, 7) is 0. The first-order valence-electron chi connectivity index (χ1n) is 8.14. The molecule has 0 aliphatic heterocycles. The maximum atomic E-state index is 5.34. The molecule has 5 nitrogen and oxygen atoms in total. The number of anilines is 1. The van der Waals surface area contributed by atoms with E-state index in [2.05, 4.69) is 44.5 Å². The first-order chi connectivity index (χ1) is 11.1. The smallest absolute Gasteiger partial charge is 0.216 e. The first kappa shape index (κ1) is 15.9. The minimum Gasteiger partial charge on any atom is -0.378 e. The summed E-state index contributed by atoms with van der Waals surface area (Å²) in [6, 6.07) is 8.28. The molecule has 3 rings (SSSR count). The molecule has 0 bridgehead atoms. The number of nitrogens with one attached hydrogen (secondary N) is 1. The van der Waals surface area contributed by atoms with Crippen molar-refractivity contribution in [2.75, 3.05) is 19.0 Å². The van der Waals surface area contributed by atoms with Crippen LogP contribution >= 0.6 is 12.2 Å². The summed E-state index contributed by atoms with van der Waals surface area (Å²) in [5.41, 5.74) is 2.22. The molecule has 0 amide bonds. The van der Waals surface area contributed by atoms with E-state index in [-0.39, 0.29) is 0 Å². The highest BCUT2D eigenvalue weighted by Crippen LogP contribution is 2.31. The second-order valence-corrected chi connectivity index (χ2v) is 6.65. The number of hydrogen-bond acceptors (Lipinski definition) is 4. The lowest BCUT2D eigenvalue weighted by molar-refractivity contribution is 0.419. The summed E-state index contributed by atoms with van der Waals surface area (Å²) in [6.07, 6.45) is 8.04. The number of H-pyrrole nitrogens is 1. The average Bonchev–Trinajstić information content (AvgIpc) is 2.95. The second kappa shape index (κ2) is 7.08. The van der Waals surface area contributed by atoms with Crippen molar-refractivity contribution in [3.63, 3.8) is 0 Å². The zero-order chi connectivity index (χ0) is 16.2. The molecule has 122 valence electrons. The van der Waals surface area contributed by atoms with E-state index in [4.69, 9.17) is 12.2 Å². The summed E-state index contributed by atoms with van der Waals surface area (Å²) < 4.78 is 2.34. The summed E-state index contributed by atoms with van der Waals surface area (Å²) in [5.74, 6) is 1.43. The van der Waals surface area contributed by atoms with Gasteiger partial charge in [-0.2, -0.15) is 14.9 Å². The topological polar surface area (TPSA) is 49.2 Å². The normalized spacial score (nSPS) is 16.1. The van der Waals surface area contributed by atoms with Crippen LogP contribution in [0.25, 0.3) is 0 Å². The fourth-order valence-electron chi connectivity index (χ4n) is 3.02. The first-order valence-corrected chi connectivity index (χ1v) is 8.55. The molecule has 0 saturated heterocycles. The van der Waals surface area contributed by atoms with Gasteiger partial charge in [0.1, 0.15) is 0 Å². The van der Waals surface area contributed by atoms with E-state index in [0.717, 1.165) is 11.4 Å². The van der Waals surface area contributed by atoms with Gasteiger partial charge in [0.2, 0.25) is 4.77 Å². The zero-order valence-corrected chi connectivity index (χ0v) is 14.5. The Morgan fingerprint density at radius 2 is 1.91 bits per heavy atom. The van der Waals surface area contributed by atoms with E-state index in [1.807, 2.05) is 20.3 Å². The molecule has 1 aromatic carbocycles. The lowest BCUT2D eigenvalue weighted by Crippen LogP contribution is -2.10. The van der Waals surface area contributed by atoms with Gasteiger partial charge >= 0.3 is 0 Å². The molecule has 1 saturated carbocycles. The molecule has 0 spiro atoms. The maximum absolute atomic E-state index is 5.34. The van der Waals surface area contributed by atoms with E-state index >= 15 is 0 Å². The molecule has 1 heterocycles. The largest absolute Gasteiger partial charge is 0.378 e. The van der Waals surface area contributed by atoms with Gasteiger partial charge in [0, 0.05) is 25.7 Å². The predicted octanol–water partition coefficient (Wildman–Crippen LogP) is 3.94. The van der Waals surface area contributed by atoms with Crippen LogP contribution in [0.2, 0.25) is 0 Å². The summed E-state index contributed by atoms with van der Waals surface area (Å²) in [7, 11) is 4.06. The Balaban J connectivity index is 1.81. The number of benzene rings is 1. The quantitative estimate of drug-likeness (QED) is 0.683. The van der Waals surface area contributed by atoms with Crippen molar-refractivity contribution in [2.45, 2.75) is 38.0 Å². The van der Waals surface area contributed by atoms with Gasteiger partial charge in [-0.05, 0) is 42.8 Å². The molecule has 2 aromatic rings. The van der Waals surface area contributed by atoms with Crippen molar-refractivity contribution in [2.24, 2.45) is 5.10 Å². The van der Waals surface area contributed by atoms with Crippen molar-refractivity contribution in [3.05, 3.63) is 40.4 Å². The van der Waals surface area contributed by atoms with E-state index in [9.17, 15) is 0 Å². The second-order valence-electron chi connectivity index (χ2n) is 6.26. The summed E-state index contributed by atoms with van der Waals surface area (Å²) in [5, 5.41) is 11.9. The Labute approximate surface area is 142 Å². The van der Waals surface area contributed by atoms with Crippen LogP contribution in [0.5, 0.6) is 0 Å². The monoisotopic (exact) mass is 329 g/mol. The molecule has 23 heavy (non-hydrogen) atoms.